The second-order valence-electron chi connectivity index (χ2n) is 4.47. The summed E-state index contributed by atoms with van der Waals surface area (Å²) in [6.45, 7) is 2.33. The first-order valence-corrected chi connectivity index (χ1v) is 9.20. The van der Waals surface area contributed by atoms with Gasteiger partial charge in [0.25, 0.3) is 0 Å². The minimum Gasteiger partial charge on any atom is -0.398 e. The first-order chi connectivity index (χ1) is 8.97. The topological polar surface area (TPSA) is 72.2 Å². The molecular weight excluding hydrogens is 280 g/mol. The molecule has 0 fully saturated rings. The average Bonchev–Trinajstić information content (AvgIpc) is 2.36. The highest BCUT2D eigenvalue weighted by molar-refractivity contribution is 7.98. The van der Waals surface area contributed by atoms with E-state index in [0.29, 0.717) is 12.2 Å². The summed E-state index contributed by atoms with van der Waals surface area (Å²) in [5.41, 5.74) is 7.12. The Bertz CT molecular complexity index is 501. The molecule has 0 aliphatic carbocycles. The van der Waals surface area contributed by atoms with Crippen LogP contribution in [0.1, 0.15) is 24.8 Å². The molecule has 4 nitrogen and oxygen atoms in total. The number of aryl methyl sites for hydroxylation is 1. The van der Waals surface area contributed by atoms with Crippen LogP contribution in [-0.2, 0) is 10.0 Å². The van der Waals surface area contributed by atoms with Crippen LogP contribution in [0.15, 0.2) is 23.1 Å². The third-order valence-corrected chi connectivity index (χ3v) is 5.03. The molecule has 6 heteroatoms. The standard InChI is InChI=1S/C13H22N2O2S2/c1-11-6-7-12(10-13(11)14)19(16,17)15-8-4-3-5-9-18-2/h6-7,10,15H,3-5,8-9,14H2,1-2H3. The maximum absolute atomic E-state index is 12.0. The molecule has 0 bridgehead atoms. The van der Waals surface area contributed by atoms with Crippen LogP contribution in [0.2, 0.25) is 0 Å². The highest BCUT2D eigenvalue weighted by Gasteiger charge is 2.13. The lowest BCUT2D eigenvalue weighted by Crippen LogP contribution is -2.25. The van der Waals surface area contributed by atoms with E-state index >= 15 is 0 Å². The second kappa shape index (κ2) is 7.77. The van der Waals surface area contributed by atoms with E-state index in [1.54, 1.807) is 12.1 Å². The number of anilines is 1. The maximum atomic E-state index is 12.0. The number of nitrogen functional groups attached to an aromatic ring is 1. The zero-order chi connectivity index (χ0) is 14.3. The molecule has 1 rings (SSSR count). The van der Waals surface area contributed by atoms with Crippen LogP contribution >= 0.6 is 11.8 Å². The number of thioether (sulfide) groups is 1. The highest BCUT2D eigenvalue weighted by atomic mass is 32.2. The van der Waals surface area contributed by atoms with Crippen LogP contribution in [0.4, 0.5) is 5.69 Å². The molecule has 0 amide bonds. The Kier molecular flexibility index (Phi) is 6.68. The summed E-state index contributed by atoms with van der Waals surface area (Å²) in [5, 5.41) is 0. The molecule has 19 heavy (non-hydrogen) atoms. The normalized spacial score (nSPS) is 11.7. The van der Waals surface area contributed by atoms with Crippen molar-refractivity contribution in [2.24, 2.45) is 0 Å². The molecule has 0 heterocycles. The van der Waals surface area contributed by atoms with E-state index in [4.69, 9.17) is 5.73 Å². The number of nitrogens with one attached hydrogen (secondary N) is 1. The van der Waals surface area contributed by atoms with Crippen LogP contribution < -0.4 is 10.5 Å². The largest absolute Gasteiger partial charge is 0.398 e. The first kappa shape index (κ1) is 16.3. The van der Waals surface area contributed by atoms with Gasteiger partial charge in [-0.05, 0) is 49.5 Å². The van der Waals surface area contributed by atoms with Crippen LogP contribution in [0, 0.1) is 6.92 Å². The number of rotatable bonds is 8. The third kappa shape index (κ3) is 5.42. The fourth-order valence-electron chi connectivity index (χ4n) is 1.62. The van der Waals surface area contributed by atoms with Gasteiger partial charge in [-0.3, -0.25) is 0 Å². The van der Waals surface area contributed by atoms with Crippen LogP contribution in [0.25, 0.3) is 0 Å². The van der Waals surface area contributed by atoms with Crippen molar-refractivity contribution < 1.29 is 8.42 Å². The molecule has 108 valence electrons. The number of benzene rings is 1. The van der Waals surface area contributed by atoms with Crippen molar-refractivity contribution in [3.8, 4) is 0 Å². The summed E-state index contributed by atoms with van der Waals surface area (Å²) in [6.07, 6.45) is 5.10. The zero-order valence-corrected chi connectivity index (χ0v) is 13.1. The molecule has 0 saturated heterocycles. The average molecular weight is 302 g/mol. The van der Waals surface area contributed by atoms with Gasteiger partial charge in [0, 0.05) is 12.2 Å². The van der Waals surface area contributed by atoms with Gasteiger partial charge in [-0.1, -0.05) is 12.5 Å². The lowest BCUT2D eigenvalue weighted by Gasteiger charge is -2.08. The van der Waals surface area contributed by atoms with Gasteiger partial charge in [-0.25, -0.2) is 13.1 Å². The van der Waals surface area contributed by atoms with Gasteiger partial charge in [0.05, 0.1) is 4.90 Å². The molecule has 0 spiro atoms. The number of nitrogens with two attached hydrogens (primary N) is 1. The maximum Gasteiger partial charge on any atom is 0.240 e. The molecule has 0 aliphatic rings. The fourth-order valence-corrected chi connectivity index (χ4v) is 3.23. The van der Waals surface area contributed by atoms with E-state index < -0.39 is 10.0 Å². The predicted molar refractivity (Wildman–Crippen MR) is 83.0 cm³/mol. The Morgan fingerprint density at radius 2 is 2.00 bits per heavy atom. The van der Waals surface area contributed by atoms with E-state index in [1.165, 1.54) is 6.07 Å². The summed E-state index contributed by atoms with van der Waals surface area (Å²) >= 11 is 1.81. The SMILES string of the molecule is CSCCCCCNS(=O)(=O)c1ccc(C)c(N)c1. The molecule has 3 N–H and O–H groups in total. The minimum atomic E-state index is -3.43. The van der Waals surface area contributed by atoms with E-state index in [2.05, 4.69) is 11.0 Å². The molecule has 0 aliphatic heterocycles. The molecular formula is C13H22N2O2S2. The summed E-state index contributed by atoms with van der Waals surface area (Å²) < 4.78 is 26.6. The van der Waals surface area contributed by atoms with Crippen molar-refractivity contribution in [3.63, 3.8) is 0 Å². The summed E-state index contributed by atoms with van der Waals surface area (Å²) in [7, 11) is -3.43. The van der Waals surface area contributed by atoms with Crippen LogP contribution in [0.5, 0.6) is 0 Å². The van der Waals surface area contributed by atoms with E-state index in [9.17, 15) is 8.42 Å². The summed E-state index contributed by atoms with van der Waals surface area (Å²) in [4.78, 5) is 0.236. The Morgan fingerprint density at radius 1 is 1.26 bits per heavy atom. The number of hydrogen-bond donors (Lipinski definition) is 2. The lowest BCUT2D eigenvalue weighted by molar-refractivity contribution is 0.576. The zero-order valence-electron chi connectivity index (χ0n) is 11.5. The predicted octanol–water partition coefficient (Wildman–Crippen LogP) is 2.39. The van der Waals surface area contributed by atoms with Crippen LogP contribution in [-0.4, -0.2) is 27.0 Å². The van der Waals surface area contributed by atoms with Gasteiger partial charge in [0.15, 0.2) is 0 Å². The fraction of sp³-hybridized carbons (Fsp3) is 0.538. The van der Waals surface area contributed by atoms with E-state index in [0.717, 1.165) is 30.6 Å². The second-order valence-corrected chi connectivity index (χ2v) is 7.22. The van der Waals surface area contributed by atoms with E-state index in [-0.39, 0.29) is 4.90 Å². The molecule has 0 unspecified atom stereocenters. The van der Waals surface area contributed by atoms with Crippen molar-refractivity contribution in [2.45, 2.75) is 31.1 Å². The summed E-state index contributed by atoms with van der Waals surface area (Å²) in [5.74, 6) is 1.13. The molecule has 0 atom stereocenters. The Balaban J connectivity index is 2.49. The number of unbranched alkanes of at least 4 members (excludes halogenated alkanes) is 2. The Morgan fingerprint density at radius 3 is 2.63 bits per heavy atom. The van der Waals surface area contributed by atoms with Gasteiger partial charge < -0.3 is 5.73 Å². The van der Waals surface area contributed by atoms with Gasteiger partial charge in [-0.2, -0.15) is 11.8 Å². The quantitative estimate of drug-likeness (QED) is 0.571. The monoisotopic (exact) mass is 302 g/mol. The van der Waals surface area contributed by atoms with Gasteiger partial charge in [0.2, 0.25) is 10.0 Å². The number of sulfonamides is 1. The van der Waals surface area contributed by atoms with Crippen molar-refractivity contribution in [2.75, 3.05) is 24.3 Å². The van der Waals surface area contributed by atoms with Crippen molar-refractivity contribution >= 4 is 27.5 Å². The van der Waals surface area contributed by atoms with Crippen molar-refractivity contribution in [3.05, 3.63) is 23.8 Å². The molecule has 1 aromatic rings. The Hall–Kier alpha value is -0.720. The summed E-state index contributed by atoms with van der Waals surface area (Å²) in [6, 6.07) is 4.81. The minimum absolute atomic E-state index is 0.236. The first-order valence-electron chi connectivity index (χ1n) is 6.32. The smallest absolute Gasteiger partial charge is 0.240 e. The van der Waals surface area contributed by atoms with E-state index in [1.807, 2.05) is 18.7 Å². The lowest BCUT2D eigenvalue weighted by atomic mass is 10.2. The molecule has 1 aromatic carbocycles. The molecule has 0 aromatic heterocycles. The van der Waals surface area contributed by atoms with Gasteiger partial charge in [0.1, 0.15) is 0 Å². The van der Waals surface area contributed by atoms with Crippen LogP contribution in [0.3, 0.4) is 0 Å². The van der Waals surface area contributed by atoms with Gasteiger partial charge >= 0.3 is 0 Å². The molecule has 0 radical (unpaired) electrons. The highest BCUT2D eigenvalue weighted by Crippen LogP contribution is 2.17. The van der Waals surface area contributed by atoms with Gasteiger partial charge in [-0.15, -0.1) is 0 Å². The Labute approximate surface area is 120 Å². The van der Waals surface area contributed by atoms with Crippen molar-refractivity contribution in [1.82, 2.24) is 4.72 Å². The number of hydrogen-bond acceptors (Lipinski definition) is 4. The molecule has 0 saturated carbocycles. The third-order valence-electron chi connectivity index (χ3n) is 2.88. The van der Waals surface area contributed by atoms with Crippen molar-refractivity contribution in [1.29, 1.82) is 0 Å².